The van der Waals surface area contributed by atoms with Gasteiger partial charge in [-0.1, -0.05) is 0 Å². The highest BCUT2D eigenvalue weighted by molar-refractivity contribution is 6.18. The number of aliphatic hydroxyl groups is 2. The summed E-state index contributed by atoms with van der Waals surface area (Å²) in [7, 11) is 0. The number of halogens is 1. The normalized spacial score (nSPS) is 14.4. The van der Waals surface area contributed by atoms with Crippen molar-refractivity contribution in [1.82, 2.24) is 0 Å². The second-order valence-electron chi connectivity index (χ2n) is 3.25. The van der Waals surface area contributed by atoms with Crippen LogP contribution in [-0.4, -0.2) is 38.4 Å². The summed E-state index contributed by atoms with van der Waals surface area (Å²) in [5, 5.41) is 37.0. The van der Waals surface area contributed by atoms with Crippen molar-refractivity contribution in [3.63, 3.8) is 0 Å². The Hall–Kier alpha value is -1.30. The molecule has 0 bridgehead atoms. The summed E-state index contributed by atoms with van der Waals surface area (Å²) in [4.78, 5) is 10.7. The van der Waals surface area contributed by atoms with Gasteiger partial charge in [0.25, 0.3) is 0 Å². The molecule has 1 aromatic carbocycles. The van der Waals surface area contributed by atoms with Gasteiger partial charge in [-0.3, -0.25) is 0 Å². The van der Waals surface area contributed by atoms with Crippen LogP contribution in [0.15, 0.2) is 18.2 Å². The van der Waals surface area contributed by atoms with Gasteiger partial charge in [-0.25, -0.2) is 4.79 Å². The number of rotatable bonds is 4. The Morgan fingerprint density at radius 3 is 2.50 bits per heavy atom. The molecule has 1 aromatic rings. The van der Waals surface area contributed by atoms with Gasteiger partial charge in [-0.15, -0.1) is 11.6 Å². The summed E-state index contributed by atoms with van der Waals surface area (Å²) in [5.74, 6) is -1.70. The van der Waals surface area contributed by atoms with E-state index < -0.39 is 18.2 Å². The van der Waals surface area contributed by atoms with E-state index in [0.29, 0.717) is 0 Å². The second-order valence-corrected chi connectivity index (χ2v) is 3.55. The molecular weight excluding hydrogens is 236 g/mol. The zero-order chi connectivity index (χ0) is 12.3. The van der Waals surface area contributed by atoms with Crippen molar-refractivity contribution in [2.75, 3.05) is 5.88 Å². The molecule has 1 rings (SSSR count). The molecule has 88 valence electrons. The lowest BCUT2D eigenvalue weighted by Gasteiger charge is -2.17. The van der Waals surface area contributed by atoms with Gasteiger partial charge in [0.1, 0.15) is 11.9 Å². The monoisotopic (exact) mass is 246 g/mol. The highest BCUT2D eigenvalue weighted by Gasteiger charge is 2.21. The zero-order valence-electron chi connectivity index (χ0n) is 8.17. The van der Waals surface area contributed by atoms with Crippen molar-refractivity contribution >= 4 is 17.6 Å². The number of carboxylic acid groups (broad SMARTS) is 1. The first-order valence-electron chi connectivity index (χ1n) is 4.45. The topological polar surface area (TPSA) is 98.0 Å². The Balaban J connectivity index is 3.11. The average Bonchev–Trinajstić information content (AvgIpc) is 2.27. The smallest absolute Gasteiger partial charge is 0.335 e. The third-order valence-corrected chi connectivity index (χ3v) is 2.43. The fourth-order valence-corrected chi connectivity index (χ4v) is 1.38. The van der Waals surface area contributed by atoms with Crippen molar-refractivity contribution in [2.45, 2.75) is 12.2 Å². The molecule has 4 N–H and O–H groups in total. The van der Waals surface area contributed by atoms with Crippen LogP contribution in [0.25, 0.3) is 0 Å². The first kappa shape index (κ1) is 12.8. The quantitative estimate of drug-likeness (QED) is 0.587. The van der Waals surface area contributed by atoms with Crippen LogP contribution in [0.2, 0.25) is 0 Å². The molecule has 2 unspecified atom stereocenters. The molecule has 6 heteroatoms. The van der Waals surface area contributed by atoms with Gasteiger partial charge in [-0.05, 0) is 18.2 Å². The van der Waals surface area contributed by atoms with Gasteiger partial charge in [0.05, 0.1) is 17.5 Å². The van der Waals surface area contributed by atoms with E-state index in [4.69, 9.17) is 16.7 Å². The van der Waals surface area contributed by atoms with Crippen molar-refractivity contribution in [3.05, 3.63) is 29.3 Å². The largest absolute Gasteiger partial charge is 0.508 e. The van der Waals surface area contributed by atoms with E-state index in [-0.39, 0.29) is 22.8 Å². The Kier molecular flexibility index (Phi) is 4.12. The molecule has 0 radical (unpaired) electrons. The van der Waals surface area contributed by atoms with Gasteiger partial charge >= 0.3 is 5.97 Å². The molecule has 0 aliphatic heterocycles. The van der Waals surface area contributed by atoms with Crippen LogP contribution < -0.4 is 0 Å². The fourth-order valence-electron chi connectivity index (χ4n) is 1.22. The maximum absolute atomic E-state index is 10.7. The van der Waals surface area contributed by atoms with Crippen LogP contribution in [0.3, 0.4) is 0 Å². The standard InChI is InChI=1S/C10H11ClO5/c11-4-8(13)9(14)6-3-5(10(15)16)1-2-7(6)12/h1-3,8-9,12-14H,4H2,(H,15,16). The lowest BCUT2D eigenvalue weighted by Crippen LogP contribution is -2.20. The summed E-state index contributed by atoms with van der Waals surface area (Å²) in [5.41, 5.74) is -0.151. The maximum atomic E-state index is 10.7. The van der Waals surface area contributed by atoms with Gasteiger partial charge in [0.15, 0.2) is 0 Å². The molecule has 0 spiro atoms. The molecule has 0 fully saturated rings. The lowest BCUT2D eigenvalue weighted by molar-refractivity contribution is 0.0311. The van der Waals surface area contributed by atoms with E-state index in [1.54, 1.807) is 0 Å². The zero-order valence-corrected chi connectivity index (χ0v) is 8.92. The molecule has 0 saturated carbocycles. The molecule has 0 aromatic heterocycles. The fraction of sp³-hybridized carbons (Fsp3) is 0.300. The highest BCUT2D eigenvalue weighted by atomic mass is 35.5. The average molecular weight is 247 g/mol. The van der Waals surface area contributed by atoms with E-state index in [2.05, 4.69) is 0 Å². The predicted octanol–water partition coefficient (Wildman–Crippen LogP) is 0.723. The maximum Gasteiger partial charge on any atom is 0.335 e. The Labute approximate surface area is 96.5 Å². The predicted molar refractivity (Wildman–Crippen MR) is 56.8 cm³/mol. The molecular formula is C10H11ClO5. The molecule has 5 nitrogen and oxygen atoms in total. The van der Waals surface area contributed by atoms with Crippen LogP contribution in [-0.2, 0) is 0 Å². The molecule has 0 heterocycles. The minimum atomic E-state index is -1.42. The third-order valence-electron chi connectivity index (χ3n) is 2.12. The van der Waals surface area contributed by atoms with Crippen LogP contribution in [0.5, 0.6) is 5.75 Å². The number of alkyl halides is 1. The molecule has 0 aliphatic carbocycles. The third kappa shape index (κ3) is 2.63. The van der Waals surface area contributed by atoms with Crippen LogP contribution in [0.4, 0.5) is 0 Å². The number of phenols is 1. The van der Waals surface area contributed by atoms with E-state index in [9.17, 15) is 20.1 Å². The number of phenolic OH excluding ortho intramolecular Hbond substituents is 1. The summed E-state index contributed by atoms with van der Waals surface area (Å²) in [6.45, 7) is 0. The van der Waals surface area contributed by atoms with Crippen LogP contribution in [0, 0.1) is 0 Å². The first-order valence-corrected chi connectivity index (χ1v) is 4.99. The van der Waals surface area contributed by atoms with Crippen molar-refractivity contribution in [1.29, 1.82) is 0 Å². The van der Waals surface area contributed by atoms with Crippen LogP contribution in [0.1, 0.15) is 22.0 Å². The summed E-state index contributed by atoms with van der Waals surface area (Å²) >= 11 is 5.34. The van der Waals surface area contributed by atoms with Gasteiger partial charge in [-0.2, -0.15) is 0 Å². The SMILES string of the molecule is O=C(O)c1ccc(O)c(C(O)C(O)CCl)c1. The van der Waals surface area contributed by atoms with Crippen LogP contribution >= 0.6 is 11.6 Å². The van der Waals surface area contributed by atoms with Gasteiger partial charge in [0.2, 0.25) is 0 Å². The van der Waals surface area contributed by atoms with Crippen molar-refractivity contribution < 1.29 is 25.2 Å². The number of aromatic carboxylic acids is 1. The molecule has 0 aliphatic rings. The first-order chi connectivity index (χ1) is 7.47. The summed E-state index contributed by atoms with van der Waals surface area (Å²) in [6, 6.07) is 3.43. The molecule has 2 atom stereocenters. The van der Waals surface area contributed by atoms with Gasteiger partial charge < -0.3 is 20.4 Å². The number of carboxylic acids is 1. The number of hydrogen-bond acceptors (Lipinski definition) is 4. The Morgan fingerprint density at radius 1 is 1.38 bits per heavy atom. The van der Waals surface area contributed by atoms with Gasteiger partial charge in [0, 0.05) is 5.56 Å². The number of aromatic hydroxyl groups is 1. The number of hydrogen-bond donors (Lipinski definition) is 4. The minimum Gasteiger partial charge on any atom is -0.508 e. The number of carbonyl (C=O) groups is 1. The Bertz CT molecular complexity index is 393. The number of aliphatic hydroxyl groups excluding tert-OH is 2. The molecule has 0 amide bonds. The van der Waals surface area contributed by atoms with E-state index in [1.165, 1.54) is 6.07 Å². The van der Waals surface area contributed by atoms with E-state index >= 15 is 0 Å². The Morgan fingerprint density at radius 2 is 2.00 bits per heavy atom. The highest BCUT2D eigenvalue weighted by Crippen LogP contribution is 2.27. The lowest BCUT2D eigenvalue weighted by atomic mass is 10.0. The minimum absolute atomic E-state index is 0.0620. The van der Waals surface area contributed by atoms with E-state index in [0.717, 1.165) is 12.1 Å². The van der Waals surface area contributed by atoms with Crippen molar-refractivity contribution in [2.24, 2.45) is 0 Å². The second kappa shape index (κ2) is 5.16. The molecule has 0 saturated heterocycles. The summed E-state index contributed by atoms with van der Waals surface area (Å²) < 4.78 is 0. The van der Waals surface area contributed by atoms with E-state index in [1.807, 2.05) is 0 Å². The summed E-state index contributed by atoms with van der Waals surface area (Å²) in [6.07, 6.45) is -2.69. The molecule has 16 heavy (non-hydrogen) atoms. The number of benzene rings is 1. The van der Waals surface area contributed by atoms with Crippen molar-refractivity contribution in [3.8, 4) is 5.75 Å².